The van der Waals surface area contributed by atoms with Gasteiger partial charge in [-0.15, -0.1) is 0 Å². The first-order valence-corrected chi connectivity index (χ1v) is 9.75. The fourth-order valence-electron chi connectivity index (χ4n) is 3.47. The molecule has 2 N–H and O–H groups in total. The molecular formula is C19H27N7O2. The Labute approximate surface area is 164 Å². The summed E-state index contributed by atoms with van der Waals surface area (Å²) < 4.78 is 13.1. The number of ether oxygens (including phenoxy) is 2. The van der Waals surface area contributed by atoms with Gasteiger partial charge >= 0.3 is 0 Å². The molecule has 1 saturated heterocycles. The second-order valence-corrected chi connectivity index (χ2v) is 6.97. The molecule has 0 spiro atoms. The quantitative estimate of drug-likeness (QED) is 0.645. The van der Waals surface area contributed by atoms with Crippen molar-refractivity contribution in [2.24, 2.45) is 0 Å². The molecule has 0 saturated carbocycles. The van der Waals surface area contributed by atoms with Crippen LogP contribution in [-0.4, -0.2) is 68.6 Å². The number of hydrogen-bond acceptors (Lipinski definition) is 7. The van der Waals surface area contributed by atoms with Crippen LogP contribution in [0.4, 0.5) is 11.6 Å². The van der Waals surface area contributed by atoms with Gasteiger partial charge in [0.1, 0.15) is 5.65 Å². The molecule has 0 aromatic carbocycles. The van der Waals surface area contributed by atoms with Crippen LogP contribution in [0.15, 0.2) is 18.5 Å². The van der Waals surface area contributed by atoms with Gasteiger partial charge < -0.3 is 19.8 Å². The molecule has 1 fully saturated rings. The second kappa shape index (κ2) is 8.15. The monoisotopic (exact) mass is 385 g/mol. The van der Waals surface area contributed by atoms with Gasteiger partial charge in [-0.3, -0.25) is 9.58 Å². The number of rotatable bonds is 7. The van der Waals surface area contributed by atoms with Crippen LogP contribution < -0.4 is 10.1 Å². The Morgan fingerprint density at radius 3 is 2.93 bits per heavy atom. The lowest BCUT2D eigenvalue weighted by Crippen LogP contribution is -2.44. The van der Waals surface area contributed by atoms with Gasteiger partial charge in [0.2, 0.25) is 11.8 Å². The molecule has 0 aliphatic carbocycles. The minimum absolute atomic E-state index is 0.395. The number of aromatic amines is 1. The van der Waals surface area contributed by atoms with Crippen LogP contribution >= 0.6 is 0 Å². The molecule has 28 heavy (non-hydrogen) atoms. The van der Waals surface area contributed by atoms with Crippen LogP contribution in [-0.2, 0) is 11.3 Å². The maximum Gasteiger partial charge on any atom is 0.232 e. The van der Waals surface area contributed by atoms with Crippen LogP contribution in [0.25, 0.3) is 11.0 Å². The number of nitrogens with one attached hydrogen (secondary N) is 2. The average molecular weight is 385 g/mol. The summed E-state index contributed by atoms with van der Waals surface area (Å²) in [4.78, 5) is 14.6. The maximum atomic E-state index is 5.66. The summed E-state index contributed by atoms with van der Waals surface area (Å²) in [5, 5.41) is 8.72. The summed E-state index contributed by atoms with van der Waals surface area (Å²) in [5.74, 6) is 1.06. The molecule has 9 nitrogen and oxygen atoms in total. The molecule has 0 radical (unpaired) electrons. The van der Waals surface area contributed by atoms with E-state index >= 15 is 0 Å². The Kier molecular flexibility index (Phi) is 5.45. The third kappa shape index (κ3) is 3.81. The Morgan fingerprint density at radius 2 is 2.14 bits per heavy atom. The Hall–Kier alpha value is -2.65. The fourth-order valence-corrected chi connectivity index (χ4v) is 3.47. The standard InChI is InChI=1S/C19H27N7O2/c1-4-28-18-15-5-6-20-17(15)23-19(24-18)22-16-11-21-26(14(16)3)12-13(2)25-7-9-27-10-8-25/h5-6,11,13H,4,7-10,12H2,1-3H3,(H2,20,22,23,24). The van der Waals surface area contributed by atoms with Crippen molar-refractivity contribution >= 4 is 22.7 Å². The molecule has 1 unspecified atom stereocenters. The number of anilines is 2. The highest BCUT2D eigenvalue weighted by atomic mass is 16.5. The number of H-pyrrole nitrogens is 1. The normalized spacial score (nSPS) is 16.4. The van der Waals surface area contributed by atoms with Gasteiger partial charge in [-0.25, -0.2) is 0 Å². The zero-order valence-corrected chi connectivity index (χ0v) is 16.6. The Balaban J connectivity index is 1.50. The Morgan fingerprint density at radius 1 is 1.32 bits per heavy atom. The van der Waals surface area contributed by atoms with Crippen molar-refractivity contribution in [2.45, 2.75) is 33.4 Å². The molecule has 150 valence electrons. The maximum absolute atomic E-state index is 5.66. The van der Waals surface area contributed by atoms with Gasteiger partial charge in [0.05, 0.1) is 49.3 Å². The first kappa shape index (κ1) is 18.7. The lowest BCUT2D eigenvalue weighted by Gasteiger charge is -2.32. The molecule has 3 aromatic heterocycles. The van der Waals surface area contributed by atoms with E-state index in [2.05, 4.69) is 44.1 Å². The highest BCUT2D eigenvalue weighted by molar-refractivity contribution is 5.82. The van der Waals surface area contributed by atoms with E-state index in [-0.39, 0.29) is 0 Å². The van der Waals surface area contributed by atoms with E-state index in [1.807, 2.05) is 30.1 Å². The predicted molar refractivity (Wildman–Crippen MR) is 107 cm³/mol. The first-order valence-electron chi connectivity index (χ1n) is 9.75. The van der Waals surface area contributed by atoms with Crippen molar-refractivity contribution in [1.82, 2.24) is 29.6 Å². The van der Waals surface area contributed by atoms with E-state index < -0.39 is 0 Å². The van der Waals surface area contributed by atoms with Crippen molar-refractivity contribution in [1.29, 1.82) is 0 Å². The van der Waals surface area contributed by atoms with Crippen molar-refractivity contribution in [2.75, 3.05) is 38.2 Å². The fraction of sp³-hybridized carbons (Fsp3) is 0.526. The zero-order valence-electron chi connectivity index (χ0n) is 16.6. The van der Waals surface area contributed by atoms with Crippen molar-refractivity contribution in [3.05, 3.63) is 24.2 Å². The minimum Gasteiger partial charge on any atom is -0.477 e. The highest BCUT2D eigenvalue weighted by Gasteiger charge is 2.19. The van der Waals surface area contributed by atoms with Crippen molar-refractivity contribution in [3.63, 3.8) is 0 Å². The second-order valence-electron chi connectivity index (χ2n) is 6.97. The van der Waals surface area contributed by atoms with E-state index in [1.54, 1.807) is 0 Å². The molecule has 1 aliphatic heterocycles. The van der Waals surface area contributed by atoms with Crippen molar-refractivity contribution in [3.8, 4) is 5.88 Å². The molecule has 1 aliphatic rings. The SMILES string of the molecule is CCOc1nc(Nc2cnn(CC(C)N3CCOCC3)c2C)nc2[nH]ccc12. The summed E-state index contributed by atoms with van der Waals surface area (Å²) in [6.07, 6.45) is 3.66. The summed E-state index contributed by atoms with van der Waals surface area (Å²) >= 11 is 0. The molecular weight excluding hydrogens is 358 g/mol. The summed E-state index contributed by atoms with van der Waals surface area (Å²) in [5.41, 5.74) is 2.68. The number of hydrogen-bond donors (Lipinski definition) is 2. The number of morpholine rings is 1. The highest BCUT2D eigenvalue weighted by Crippen LogP contribution is 2.25. The third-order valence-corrected chi connectivity index (χ3v) is 5.12. The van der Waals surface area contributed by atoms with Crippen LogP contribution in [0.2, 0.25) is 0 Å². The molecule has 4 heterocycles. The lowest BCUT2D eigenvalue weighted by atomic mass is 10.2. The zero-order chi connectivity index (χ0) is 19.5. The smallest absolute Gasteiger partial charge is 0.232 e. The van der Waals surface area contributed by atoms with E-state index in [9.17, 15) is 0 Å². The van der Waals surface area contributed by atoms with Gasteiger partial charge in [0.25, 0.3) is 0 Å². The molecule has 0 bridgehead atoms. The lowest BCUT2D eigenvalue weighted by molar-refractivity contribution is 0.0161. The molecule has 1 atom stereocenters. The molecule has 3 aromatic rings. The topological polar surface area (TPSA) is 93.1 Å². The molecule has 0 amide bonds. The Bertz CT molecular complexity index is 930. The van der Waals surface area contributed by atoms with Gasteiger partial charge in [-0.1, -0.05) is 0 Å². The van der Waals surface area contributed by atoms with Crippen molar-refractivity contribution < 1.29 is 9.47 Å². The predicted octanol–water partition coefficient (Wildman–Crippen LogP) is 2.33. The van der Waals surface area contributed by atoms with Gasteiger partial charge in [-0.05, 0) is 26.8 Å². The van der Waals surface area contributed by atoms with E-state index in [0.29, 0.717) is 24.5 Å². The third-order valence-electron chi connectivity index (χ3n) is 5.12. The average Bonchev–Trinajstić information content (AvgIpc) is 3.31. The van der Waals surface area contributed by atoms with Crippen LogP contribution in [0, 0.1) is 6.92 Å². The van der Waals surface area contributed by atoms with E-state index in [0.717, 1.165) is 55.3 Å². The van der Waals surface area contributed by atoms with Crippen LogP contribution in [0.1, 0.15) is 19.5 Å². The minimum atomic E-state index is 0.395. The van der Waals surface area contributed by atoms with Gasteiger partial charge in [-0.2, -0.15) is 15.1 Å². The number of aromatic nitrogens is 5. The number of nitrogens with zero attached hydrogens (tertiary/aromatic N) is 5. The molecule has 4 rings (SSSR count). The van der Waals surface area contributed by atoms with Crippen LogP contribution in [0.3, 0.4) is 0 Å². The van der Waals surface area contributed by atoms with E-state index in [4.69, 9.17) is 9.47 Å². The summed E-state index contributed by atoms with van der Waals surface area (Å²) in [6, 6.07) is 2.31. The first-order chi connectivity index (χ1) is 13.7. The van der Waals surface area contributed by atoms with Gasteiger partial charge in [0, 0.05) is 25.3 Å². The van der Waals surface area contributed by atoms with E-state index in [1.165, 1.54) is 0 Å². The number of fused-ring (bicyclic) bond motifs is 1. The largest absolute Gasteiger partial charge is 0.477 e. The molecule has 9 heteroatoms. The summed E-state index contributed by atoms with van der Waals surface area (Å²) in [6.45, 7) is 11.1. The van der Waals surface area contributed by atoms with Crippen LogP contribution in [0.5, 0.6) is 5.88 Å². The van der Waals surface area contributed by atoms with Gasteiger partial charge in [0.15, 0.2) is 0 Å². The summed E-state index contributed by atoms with van der Waals surface area (Å²) in [7, 11) is 0.